The summed E-state index contributed by atoms with van der Waals surface area (Å²) in [4.78, 5) is 13.7. The molecule has 0 radical (unpaired) electrons. The number of rotatable bonds is 5. The molecule has 0 saturated carbocycles. The number of amides is 1. The predicted molar refractivity (Wildman–Crippen MR) is 87.0 cm³/mol. The number of hydrogen-bond acceptors (Lipinski definition) is 4. The number of benzene rings is 2. The van der Waals surface area contributed by atoms with Crippen LogP contribution in [0.5, 0.6) is 0 Å². The number of anilines is 1. The lowest BCUT2D eigenvalue weighted by atomic mass is 10.3. The number of hydrogen-bond donors (Lipinski definition) is 2. The van der Waals surface area contributed by atoms with Crippen LogP contribution in [-0.4, -0.2) is 23.3 Å². The first-order valence-electron chi connectivity index (χ1n) is 6.30. The highest BCUT2D eigenvalue weighted by Gasteiger charge is 2.15. The molecule has 110 valence electrons. The summed E-state index contributed by atoms with van der Waals surface area (Å²) in [5, 5.41) is 2.65. The van der Waals surface area contributed by atoms with Crippen LogP contribution in [0.15, 0.2) is 63.2 Å². The molecule has 0 bridgehead atoms. The van der Waals surface area contributed by atoms with Gasteiger partial charge in [0.25, 0.3) is 0 Å². The maximum atomic E-state index is 12.5. The van der Waals surface area contributed by atoms with Crippen LogP contribution >= 0.6 is 11.8 Å². The van der Waals surface area contributed by atoms with Crippen LogP contribution in [0.1, 0.15) is 0 Å². The molecule has 0 aliphatic rings. The highest BCUT2D eigenvalue weighted by Crippen LogP contribution is 2.25. The van der Waals surface area contributed by atoms with E-state index in [1.807, 2.05) is 30.5 Å². The Kier molecular flexibility index (Phi) is 5.69. The van der Waals surface area contributed by atoms with Crippen molar-refractivity contribution in [1.82, 2.24) is 0 Å². The number of thioether (sulfide) groups is 1. The van der Waals surface area contributed by atoms with Gasteiger partial charge in [-0.2, -0.15) is 0 Å². The summed E-state index contributed by atoms with van der Waals surface area (Å²) in [6.45, 7) is -0.0604. The lowest BCUT2D eigenvalue weighted by Crippen LogP contribution is -2.21. The van der Waals surface area contributed by atoms with Crippen molar-refractivity contribution in [3.05, 3.63) is 48.5 Å². The third-order valence-electron chi connectivity index (χ3n) is 2.79. The number of carbonyl (C=O) groups excluding carboxylic acids is 1. The van der Waals surface area contributed by atoms with E-state index in [0.717, 1.165) is 9.79 Å². The van der Waals surface area contributed by atoms with E-state index in [1.165, 1.54) is 0 Å². The normalized spacial score (nSPS) is 12.0. The standard InChI is InChI=1S/C15H16N2O2S2/c1-20-12-3-2-4-14(9-12)21(19)13-7-5-11(6-8-13)17-15(18)10-16/h2-9H,10,16H2,1H3,(H,17,18). The zero-order valence-electron chi connectivity index (χ0n) is 11.5. The van der Waals surface area contributed by atoms with E-state index >= 15 is 0 Å². The van der Waals surface area contributed by atoms with Gasteiger partial charge in [-0.05, 0) is 42.7 Å². The van der Waals surface area contributed by atoms with E-state index in [1.54, 1.807) is 36.0 Å². The topological polar surface area (TPSA) is 78.2 Å². The van der Waals surface area contributed by atoms with Gasteiger partial charge in [-0.1, -0.05) is 6.07 Å². The monoisotopic (exact) mass is 320 g/mol. The first-order chi connectivity index (χ1) is 10.1. The van der Waals surface area contributed by atoms with E-state index in [2.05, 4.69) is 5.32 Å². The molecule has 1 unspecified atom stereocenters. The molecule has 0 heterocycles. The number of nitrogens with one attached hydrogen (secondary N) is 1. The summed E-state index contributed by atoms with van der Waals surface area (Å²) < 4.78 is 12.5. The zero-order valence-corrected chi connectivity index (χ0v) is 13.2. The molecule has 0 aliphatic carbocycles. The van der Waals surface area contributed by atoms with Crippen molar-refractivity contribution >= 4 is 34.5 Å². The Morgan fingerprint density at radius 2 is 1.95 bits per heavy atom. The summed E-state index contributed by atoms with van der Waals surface area (Å²) in [6.07, 6.45) is 1.98. The Morgan fingerprint density at radius 1 is 1.24 bits per heavy atom. The highest BCUT2D eigenvalue weighted by molar-refractivity contribution is 7.98. The zero-order chi connectivity index (χ0) is 15.2. The molecular weight excluding hydrogens is 304 g/mol. The van der Waals surface area contributed by atoms with E-state index in [4.69, 9.17) is 5.73 Å². The molecule has 0 saturated heterocycles. The second kappa shape index (κ2) is 7.51. The molecule has 4 nitrogen and oxygen atoms in total. The Bertz CT molecular complexity index is 617. The van der Waals surface area contributed by atoms with Crippen LogP contribution in [0, 0.1) is 0 Å². The molecule has 0 aromatic heterocycles. The third-order valence-corrected chi connectivity index (χ3v) is 4.90. The van der Waals surface area contributed by atoms with Crippen LogP contribution < -0.4 is 11.1 Å². The van der Waals surface area contributed by atoms with Crippen LogP contribution in [-0.2, 0) is 16.0 Å². The minimum absolute atomic E-state index is 0.0604. The van der Waals surface area contributed by atoms with E-state index < -0.39 is 11.2 Å². The summed E-state index contributed by atoms with van der Waals surface area (Å²) in [6, 6.07) is 14.6. The number of nitrogens with two attached hydrogens (primary N) is 1. The SMILES string of the molecule is CSc1cccc([S+]([O-])c2ccc(NC(=O)CN)cc2)c1. The maximum Gasteiger partial charge on any atom is 0.238 e. The third kappa shape index (κ3) is 4.25. The fourth-order valence-corrected chi connectivity index (χ4v) is 3.35. The number of carbonyl (C=O) groups is 1. The summed E-state index contributed by atoms with van der Waals surface area (Å²) in [5.41, 5.74) is 5.88. The molecule has 2 aromatic carbocycles. The Morgan fingerprint density at radius 3 is 2.57 bits per heavy atom. The van der Waals surface area contributed by atoms with Gasteiger partial charge in [0.2, 0.25) is 5.91 Å². The second-order valence-corrected chi connectivity index (χ2v) is 6.58. The first kappa shape index (κ1) is 15.9. The molecule has 0 fully saturated rings. The van der Waals surface area contributed by atoms with Crippen molar-refractivity contribution in [1.29, 1.82) is 0 Å². The van der Waals surface area contributed by atoms with Gasteiger partial charge in [-0.25, -0.2) is 0 Å². The smallest absolute Gasteiger partial charge is 0.238 e. The fourth-order valence-electron chi connectivity index (χ4n) is 1.73. The molecular formula is C15H16N2O2S2. The van der Waals surface area contributed by atoms with Gasteiger partial charge < -0.3 is 15.6 Å². The van der Waals surface area contributed by atoms with Gasteiger partial charge in [0.15, 0.2) is 9.79 Å². The molecule has 3 N–H and O–H groups in total. The quantitative estimate of drug-likeness (QED) is 0.655. The average molecular weight is 320 g/mol. The Labute approximate surface area is 131 Å². The molecule has 6 heteroatoms. The van der Waals surface area contributed by atoms with Gasteiger partial charge in [0.05, 0.1) is 6.54 Å². The van der Waals surface area contributed by atoms with Crippen molar-refractivity contribution in [2.24, 2.45) is 5.73 Å². The molecule has 1 amide bonds. The molecule has 2 aromatic rings. The van der Waals surface area contributed by atoms with E-state index in [0.29, 0.717) is 10.6 Å². The minimum atomic E-state index is -1.23. The Hall–Kier alpha value is -1.47. The lowest BCUT2D eigenvalue weighted by molar-refractivity contribution is -0.114. The van der Waals surface area contributed by atoms with Crippen molar-refractivity contribution in [3.8, 4) is 0 Å². The fraction of sp³-hybridized carbons (Fsp3) is 0.133. The van der Waals surface area contributed by atoms with E-state index in [-0.39, 0.29) is 12.5 Å². The van der Waals surface area contributed by atoms with Gasteiger partial charge in [0, 0.05) is 27.8 Å². The van der Waals surface area contributed by atoms with Crippen LogP contribution in [0.25, 0.3) is 0 Å². The van der Waals surface area contributed by atoms with Gasteiger partial charge in [-0.3, -0.25) is 4.79 Å². The molecule has 21 heavy (non-hydrogen) atoms. The molecule has 2 rings (SSSR count). The van der Waals surface area contributed by atoms with Crippen molar-refractivity contribution in [2.75, 3.05) is 18.1 Å². The second-order valence-electron chi connectivity index (χ2n) is 4.22. The van der Waals surface area contributed by atoms with Gasteiger partial charge in [-0.15, -0.1) is 11.8 Å². The van der Waals surface area contributed by atoms with Gasteiger partial charge in [0.1, 0.15) is 0 Å². The van der Waals surface area contributed by atoms with Crippen molar-refractivity contribution in [2.45, 2.75) is 14.7 Å². The highest BCUT2D eigenvalue weighted by atomic mass is 32.2. The van der Waals surface area contributed by atoms with Gasteiger partial charge >= 0.3 is 0 Å². The molecule has 1 atom stereocenters. The molecule has 0 aliphatic heterocycles. The summed E-state index contributed by atoms with van der Waals surface area (Å²) in [5.74, 6) is -0.253. The first-order valence-corrected chi connectivity index (χ1v) is 8.67. The molecule has 0 spiro atoms. The summed E-state index contributed by atoms with van der Waals surface area (Å²) >= 11 is 0.381. The predicted octanol–water partition coefficient (Wildman–Crippen LogP) is 2.47. The average Bonchev–Trinajstić information content (AvgIpc) is 2.54. The van der Waals surface area contributed by atoms with Crippen molar-refractivity contribution in [3.63, 3.8) is 0 Å². The maximum absolute atomic E-state index is 12.5. The minimum Gasteiger partial charge on any atom is -0.606 e. The van der Waals surface area contributed by atoms with E-state index in [9.17, 15) is 9.35 Å². The largest absolute Gasteiger partial charge is 0.606 e. The summed E-state index contributed by atoms with van der Waals surface area (Å²) in [7, 11) is 0. The van der Waals surface area contributed by atoms with Crippen LogP contribution in [0.3, 0.4) is 0 Å². The van der Waals surface area contributed by atoms with Crippen molar-refractivity contribution < 1.29 is 9.35 Å². The lowest BCUT2D eigenvalue weighted by Gasteiger charge is -2.11. The Balaban J connectivity index is 2.15. The van der Waals surface area contributed by atoms with Crippen LogP contribution in [0.4, 0.5) is 5.69 Å². The van der Waals surface area contributed by atoms with Crippen LogP contribution in [0.2, 0.25) is 0 Å².